The summed E-state index contributed by atoms with van der Waals surface area (Å²) in [6.45, 7) is 1.92. The molecule has 0 unspecified atom stereocenters. The summed E-state index contributed by atoms with van der Waals surface area (Å²) in [7, 11) is 0. The van der Waals surface area contributed by atoms with Gasteiger partial charge in [0, 0.05) is 6.54 Å². The van der Waals surface area contributed by atoms with E-state index in [0.717, 1.165) is 17.1 Å². The average Bonchev–Trinajstić information content (AvgIpc) is 2.54. The lowest BCUT2D eigenvalue weighted by Crippen LogP contribution is -2.46. The largest absolute Gasteiger partial charge is 0.457 e. The van der Waals surface area contributed by atoms with Crippen LogP contribution < -0.4 is 21.1 Å². The van der Waals surface area contributed by atoms with Crippen LogP contribution in [0.4, 0.5) is 4.79 Å². The highest BCUT2D eigenvalue weighted by atomic mass is 16.5. The minimum Gasteiger partial charge on any atom is -0.457 e. The van der Waals surface area contributed by atoms with Gasteiger partial charge in [-0.25, -0.2) is 4.79 Å². The standard InChI is InChI=1S/C17H19N3O3/c1-12(20-17(18)22)16(21)19-11-13-7-9-15(10-8-13)23-14-5-3-2-4-6-14/h2-10,12H,11H2,1H3,(H,19,21)(H3,18,20,22)/t12-/m1/s1. The molecule has 6 heteroatoms. The van der Waals surface area contributed by atoms with Gasteiger partial charge in [0.25, 0.3) is 0 Å². The lowest BCUT2D eigenvalue weighted by Gasteiger charge is -2.12. The van der Waals surface area contributed by atoms with Gasteiger partial charge in [0.15, 0.2) is 0 Å². The van der Waals surface area contributed by atoms with Crippen molar-refractivity contribution in [1.82, 2.24) is 10.6 Å². The minimum absolute atomic E-state index is 0.298. The molecule has 2 aromatic rings. The number of urea groups is 1. The molecule has 1 atom stereocenters. The number of nitrogens with two attached hydrogens (primary N) is 1. The van der Waals surface area contributed by atoms with Crippen LogP contribution in [0.5, 0.6) is 11.5 Å². The number of amides is 3. The molecule has 4 N–H and O–H groups in total. The van der Waals surface area contributed by atoms with E-state index >= 15 is 0 Å². The maximum atomic E-state index is 11.8. The maximum Gasteiger partial charge on any atom is 0.312 e. The summed E-state index contributed by atoms with van der Waals surface area (Å²) in [5.74, 6) is 1.18. The van der Waals surface area contributed by atoms with Crippen molar-refractivity contribution in [2.75, 3.05) is 0 Å². The Kier molecular flexibility index (Phi) is 5.57. The van der Waals surface area contributed by atoms with Crippen molar-refractivity contribution in [2.24, 2.45) is 5.73 Å². The van der Waals surface area contributed by atoms with Crippen LogP contribution in [0.15, 0.2) is 54.6 Å². The van der Waals surface area contributed by atoms with Crippen LogP contribution in [0, 0.1) is 0 Å². The summed E-state index contributed by atoms with van der Waals surface area (Å²) in [6.07, 6.45) is 0. The molecule has 6 nitrogen and oxygen atoms in total. The smallest absolute Gasteiger partial charge is 0.312 e. The molecule has 0 bridgehead atoms. The van der Waals surface area contributed by atoms with E-state index in [1.807, 2.05) is 54.6 Å². The van der Waals surface area contributed by atoms with Gasteiger partial charge in [-0.05, 0) is 36.8 Å². The molecule has 0 fully saturated rings. The molecule has 3 amide bonds. The summed E-state index contributed by atoms with van der Waals surface area (Å²) in [4.78, 5) is 22.4. The van der Waals surface area contributed by atoms with E-state index in [-0.39, 0.29) is 5.91 Å². The van der Waals surface area contributed by atoms with Crippen molar-refractivity contribution in [2.45, 2.75) is 19.5 Å². The van der Waals surface area contributed by atoms with Crippen molar-refractivity contribution < 1.29 is 14.3 Å². The molecule has 0 aliphatic carbocycles. The van der Waals surface area contributed by atoms with Crippen molar-refractivity contribution in [1.29, 1.82) is 0 Å². The quantitative estimate of drug-likeness (QED) is 0.763. The first-order valence-corrected chi connectivity index (χ1v) is 7.20. The molecule has 0 saturated heterocycles. The molecule has 0 saturated carbocycles. The highest BCUT2D eigenvalue weighted by Crippen LogP contribution is 2.20. The first-order chi connectivity index (χ1) is 11.0. The molecule has 0 aliphatic rings. The van der Waals surface area contributed by atoms with Gasteiger partial charge in [-0.2, -0.15) is 0 Å². The zero-order chi connectivity index (χ0) is 16.7. The van der Waals surface area contributed by atoms with Gasteiger partial charge in [0.2, 0.25) is 5.91 Å². The second-order valence-corrected chi connectivity index (χ2v) is 5.01. The Hall–Kier alpha value is -3.02. The first kappa shape index (κ1) is 16.4. The Labute approximate surface area is 134 Å². The van der Waals surface area contributed by atoms with E-state index in [1.54, 1.807) is 6.92 Å². The second kappa shape index (κ2) is 7.84. The summed E-state index contributed by atoms with van der Waals surface area (Å²) < 4.78 is 5.69. The number of benzene rings is 2. The Morgan fingerprint density at radius 3 is 2.26 bits per heavy atom. The second-order valence-electron chi connectivity index (χ2n) is 5.01. The van der Waals surface area contributed by atoms with Gasteiger partial charge in [-0.1, -0.05) is 30.3 Å². The number of primary amides is 1. The van der Waals surface area contributed by atoms with E-state index in [4.69, 9.17) is 10.5 Å². The fraction of sp³-hybridized carbons (Fsp3) is 0.176. The van der Waals surface area contributed by atoms with Crippen LogP contribution in [0.3, 0.4) is 0 Å². The van der Waals surface area contributed by atoms with Gasteiger partial charge in [-0.3, -0.25) is 4.79 Å². The van der Waals surface area contributed by atoms with Crippen LogP contribution in [-0.2, 0) is 11.3 Å². The number of nitrogens with one attached hydrogen (secondary N) is 2. The molecule has 0 aliphatic heterocycles. The molecule has 0 radical (unpaired) electrons. The van der Waals surface area contributed by atoms with Gasteiger partial charge >= 0.3 is 6.03 Å². The number of carbonyl (C=O) groups excluding carboxylic acids is 2. The number of para-hydroxylation sites is 1. The molecule has 0 spiro atoms. The summed E-state index contributed by atoms with van der Waals surface area (Å²) >= 11 is 0. The minimum atomic E-state index is -0.727. The third-order valence-electron chi connectivity index (χ3n) is 3.12. The van der Waals surface area contributed by atoms with Crippen LogP contribution in [-0.4, -0.2) is 18.0 Å². The number of carbonyl (C=O) groups is 2. The van der Waals surface area contributed by atoms with E-state index < -0.39 is 12.1 Å². The van der Waals surface area contributed by atoms with Crippen LogP contribution >= 0.6 is 0 Å². The van der Waals surface area contributed by atoms with Gasteiger partial charge in [0.1, 0.15) is 17.5 Å². The number of ether oxygens (including phenoxy) is 1. The lowest BCUT2D eigenvalue weighted by atomic mass is 10.2. The zero-order valence-corrected chi connectivity index (χ0v) is 12.8. The zero-order valence-electron chi connectivity index (χ0n) is 12.8. The summed E-state index contributed by atoms with van der Waals surface area (Å²) in [5, 5.41) is 5.05. The number of hydrogen-bond acceptors (Lipinski definition) is 3. The van der Waals surface area contributed by atoms with E-state index in [1.165, 1.54) is 0 Å². The van der Waals surface area contributed by atoms with Crippen LogP contribution in [0.1, 0.15) is 12.5 Å². The summed E-state index contributed by atoms with van der Waals surface area (Å²) in [6, 6.07) is 15.5. The normalized spacial score (nSPS) is 11.3. The predicted molar refractivity (Wildman–Crippen MR) is 87.0 cm³/mol. The summed E-state index contributed by atoms with van der Waals surface area (Å²) in [5.41, 5.74) is 5.90. The fourth-order valence-corrected chi connectivity index (χ4v) is 1.92. The Bertz CT molecular complexity index is 657. The first-order valence-electron chi connectivity index (χ1n) is 7.20. The highest BCUT2D eigenvalue weighted by molar-refractivity contribution is 5.86. The third kappa shape index (κ3) is 5.35. The van der Waals surface area contributed by atoms with Crippen LogP contribution in [0.2, 0.25) is 0 Å². The van der Waals surface area contributed by atoms with Crippen molar-refractivity contribution in [3.63, 3.8) is 0 Å². The monoisotopic (exact) mass is 313 g/mol. The Morgan fingerprint density at radius 2 is 1.65 bits per heavy atom. The third-order valence-corrected chi connectivity index (χ3v) is 3.12. The van der Waals surface area contributed by atoms with Gasteiger partial charge in [-0.15, -0.1) is 0 Å². The van der Waals surface area contributed by atoms with Crippen molar-refractivity contribution >= 4 is 11.9 Å². The molecular weight excluding hydrogens is 294 g/mol. The molecule has 0 aromatic heterocycles. The average molecular weight is 313 g/mol. The fourth-order valence-electron chi connectivity index (χ4n) is 1.92. The van der Waals surface area contributed by atoms with E-state index in [0.29, 0.717) is 6.54 Å². The highest BCUT2D eigenvalue weighted by Gasteiger charge is 2.13. The molecule has 23 heavy (non-hydrogen) atoms. The molecule has 0 heterocycles. The lowest BCUT2D eigenvalue weighted by molar-refractivity contribution is -0.122. The molecule has 120 valence electrons. The predicted octanol–water partition coefficient (Wildman–Crippen LogP) is 2.15. The Balaban J connectivity index is 1.85. The Morgan fingerprint density at radius 1 is 1.04 bits per heavy atom. The molecular formula is C17H19N3O3. The van der Waals surface area contributed by atoms with Crippen LogP contribution in [0.25, 0.3) is 0 Å². The topological polar surface area (TPSA) is 93.5 Å². The van der Waals surface area contributed by atoms with Gasteiger partial charge < -0.3 is 21.1 Å². The maximum absolute atomic E-state index is 11.8. The molecule has 2 aromatic carbocycles. The van der Waals surface area contributed by atoms with E-state index in [2.05, 4.69) is 10.6 Å². The number of rotatable bonds is 6. The SMILES string of the molecule is C[C@@H](NC(N)=O)C(=O)NCc1ccc(Oc2ccccc2)cc1. The van der Waals surface area contributed by atoms with E-state index in [9.17, 15) is 9.59 Å². The van der Waals surface area contributed by atoms with Gasteiger partial charge in [0.05, 0.1) is 0 Å². The number of hydrogen-bond donors (Lipinski definition) is 3. The van der Waals surface area contributed by atoms with Crippen molar-refractivity contribution in [3.05, 3.63) is 60.2 Å². The molecule has 2 rings (SSSR count). The van der Waals surface area contributed by atoms with Crippen molar-refractivity contribution in [3.8, 4) is 11.5 Å².